The van der Waals surface area contributed by atoms with E-state index in [2.05, 4.69) is 39.0 Å². The third-order valence-electron chi connectivity index (χ3n) is 13.2. The first-order valence-electron chi connectivity index (χ1n) is 26.4. The molecular weight excluding hydrogens is 661 g/mol. The van der Waals surface area contributed by atoms with E-state index in [1.54, 1.807) is 16.7 Å². The Morgan fingerprint density at radius 3 is 0.582 bits per heavy atom. The van der Waals surface area contributed by atoms with Gasteiger partial charge in [-0.15, -0.1) is 0 Å². The van der Waals surface area contributed by atoms with Crippen LogP contribution in [0.15, 0.2) is 18.2 Å². The second kappa shape index (κ2) is 44.3. The van der Waals surface area contributed by atoms with Crippen LogP contribution in [0.1, 0.15) is 313 Å². The quantitative estimate of drug-likeness (QED) is 0.0580. The molecule has 0 aromatic heterocycles. The van der Waals surface area contributed by atoms with Crippen molar-refractivity contribution in [2.24, 2.45) is 0 Å². The zero-order valence-electron chi connectivity index (χ0n) is 38.8. The summed E-state index contributed by atoms with van der Waals surface area (Å²) in [4.78, 5) is 0. The Labute approximate surface area is 349 Å². The van der Waals surface area contributed by atoms with Gasteiger partial charge in [0.1, 0.15) is 0 Å². The number of hydrogen-bond acceptors (Lipinski definition) is 0. The molecule has 0 bridgehead atoms. The lowest BCUT2D eigenvalue weighted by atomic mass is 9.94. The highest BCUT2D eigenvalue weighted by Crippen LogP contribution is 2.21. The molecule has 0 radical (unpaired) electrons. The Balaban J connectivity index is 1.83. The summed E-state index contributed by atoms with van der Waals surface area (Å²) in [5, 5.41) is 0. The predicted octanol–water partition coefficient (Wildman–Crippen LogP) is 20.3. The lowest BCUT2D eigenvalue weighted by Crippen LogP contribution is -1.97. The minimum absolute atomic E-state index is 1.29. The minimum atomic E-state index is 1.29. The molecule has 0 nitrogen and oxygen atoms in total. The molecule has 55 heavy (non-hydrogen) atoms. The number of aryl methyl sites for hydroxylation is 2. The second-order valence-corrected chi connectivity index (χ2v) is 18.6. The van der Waals surface area contributed by atoms with Crippen molar-refractivity contribution in [2.45, 2.75) is 316 Å². The van der Waals surface area contributed by atoms with Crippen LogP contribution in [0.25, 0.3) is 0 Å². The zero-order valence-corrected chi connectivity index (χ0v) is 38.8. The summed E-state index contributed by atoms with van der Waals surface area (Å²) < 4.78 is 0. The van der Waals surface area contributed by atoms with Gasteiger partial charge in [-0.1, -0.05) is 302 Å². The fourth-order valence-corrected chi connectivity index (χ4v) is 9.13. The van der Waals surface area contributed by atoms with Crippen molar-refractivity contribution in [3.63, 3.8) is 0 Å². The van der Waals surface area contributed by atoms with Crippen molar-refractivity contribution < 1.29 is 0 Å². The Bertz CT molecular complexity index is 785. The molecule has 0 amide bonds. The summed E-state index contributed by atoms with van der Waals surface area (Å²) in [5.41, 5.74) is 4.86. The fraction of sp³-hybridized carbons (Fsp3) is 0.891. The number of unbranched alkanes of at least 4 members (excludes halogenated alkanes) is 42. The van der Waals surface area contributed by atoms with Gasteiger partial charge in [0.2, 0.25) is 0 Å². The smallest absolute Gasteiger partial charge is 0.0276 e. The topological polar surface area (TPSA) is 0 Å². The van der Waals surface area contributed by atoms with Crippen LogP contribution in [-0.4, -0.2) is 0 Å². The summed E-state index contributed by atoms with van der Waals surface area (Å²) in [6.45, 7) is 7.03. The van der Waals surface area contributed by atoms with Crippen LogP contribution in [0.3, 0.4) is 0 Å². The van der Waals surface area contributed by atoms with E-state index in [0.29, 0.717) is 0 Å². The minimum Gasteiger partial charge on any atom is -0.0654 e. The Hall–Kier alpha value is -0.780. The molecule has 0 heteroatoms. The SMILES string of the molecule is CCCCCCCCCCCCCCCCCCCCCCCCc1cccc(CCCCCCCCCCCCCCCCCCCCCCCC)c1C. The molecule has 0 aliphatic carbocycles. The zero-order chi connectivity index (χ0) is 39.4. The van der Waals surface area contributed by atoms with Gasteiger partial charge in [-0.3, -0.25) is 0 Å². The first kappa shape index (κ1) is 52.2. The van der Waals surface area contributed by atoms with E-state index in [-0.39, 0.29) is 0 Å². The van der Waals surface area contributed by atoms with Crippen LogP contribution in [0.5, 0.6) is 0 Å². The number of rotatable bonds is 46. The van der Waals surface area contributed by atoms with Gasteiger partial charge < -0.3 is 0 Å². The molecule has 1 aromatic carbocycles. The lowest BCUT2D eigenvalue weighted by molar-refractivity contribution is 0.519. The second-order valence-electron chi connectivity index (χ2n) is 18.6. The average molecular weight is 765 g/mol. The molecule has 0 saturated carbocycles. The van der Waals surface area contributed by atoms with E-state index in [9.17, 15) is 0 Å². The van der Waals surface area contributed by atoms with Gasteiger partial charge in [-0.2, -0.15) is 0 Å². The standard InChI is InChI=1S/C55H104/c1-4-6-8-10-12-14-16-18-20-22-24-26-28-30-32-34-36-38-40-42-44-46-49-54-51-48-52-55(53(54)3)50-47-45-43-41-39-37-35-33-31-29-27-25-23-21-19-17-15-13-11-9-7-5-2/h48,51-52H,4-47,49-50H2,1-3H3. The number of hydrogen-bond donors (Lipinski definition) is 0. The maximum Gasteiger partial charge on any atom is -0.0276 e. The van der Waals surface area contributed by atoms with E-state index in [0.717, 1.165) is 0 Å². The van der Waals surface area contributed by atoms with E-state index < -0.39 is 0 Å². The van der Waals surface area contributed by atoms with Crippen LogP contribution in [-0.2, 0) is 12.8 Å². The van der Waals surface area contributed by atoms with Gasteiger partial charge in [-0.25, -0.2) is 0 Å². The van der Waals surface area contributed by atoms with Gasteiger partial charge >= 0.3 is 0 Å². The molecule has 0 atom stereocenters. The van der Waals surface area contributed by atoms with Crippen LogP contribution < -0.4 is 0 Å². The molecule has 0 saturated heterocycles. The Morgan fingerprint density at radius 2 is 0.400 bits per heavy atom. The summed E-state index contributed by atoms with van der Waals surface area (Å²) >= 11 is 0. The third-order valence-corrected chi connectivity index (χ3v) is 13.2. The molecule has 0 N–H and O–H groups in total. The van der Waals surface area contributed by atoms with Gasteiger partial charge in [0.15, 0.2) is 0 Å². The Kier molecular flexibility index (Phi) is 42.1. The molecule has 0 heterocycles. The number of benzene rings is 1. The van der Waals surface area contributed by atoms with E-state index in [1.165, 1.54) is 295 Å². The maximum atomic E-state index is 2.41. The van der Waals surface area contributed by atoms with Gasteiger partial charge in [0.05, 0.1) is 0 Å². The molecule has 0 fully saturated rings. The molecular formula is C55H104. The fourth-order valence-electron chi connectivity index (χ4n) is 9.13. The van der Waals surface area contributed by atoms with Crippen molar-refractivity contribution in [2.75, 3.05) is 0 Å². The van der Waals surface area contributed by atoms with Crippen LogP contribution in [0, 0.1) is 6.92 Å². The first-order valence-corrected chi connectivity index (χ1v) is 26.4. The van der Waals surface area contributed by atoms with Crippen molar-refractivity contribution in [1.29, 1.82) is 0 Å². The van der Waals surface area contributed by atoms with Crippen molar-refractivity contribution in [3.8, 4) is 0 Å². The van der Waals surface area contributed by atoms with Crippen molar-refractivity contribution >= 4 is 0 Å². The van der Waals surface area contributed by atoms with E-state index >= 15 is 0 Å². The molecule has 0 unspecified atom stereocenters. The average Bonchev–Trinajstić information content (AvgIpc) is 3.19. The molecule has 0 spiro atoms. The highest BCUT2D eigenvalue weighted by Gasteiger charge is 2.05. The largest absolute Gasteiger partial charge is 0.0654 e. The predicted molar refractivity (Wildman–Crippen MR) is 253 cm³/mol. The highest BCUT2D eigenvalue weighted by atomic mass is 14.1. The van der Waals surface area contributed by atoms with Gasteiger partial charge in [0.25, 0.3) is 0 Å². The van der Waals surface area contributed by atoms with E-state index in [1.807, 2.05) is 0 Å². The molecule has 1 aromatic rings. The van der Waals surface area contributed by atoms with Crippen molar-refractivity contribution in [1.82, 2.24) is 0 Å². The monoisotopic (exact) mass is 765 g/mol. The van der Waals surface area contributed by atoms with Crippen LogP contribution in [0.4, 0.5) is 0 Å². The van der Waals surface area contributed by atoms with Crippen LogP contribution in [0.2, 0.25) is 0 Å². The summed E-state index contributed by atoms with van der Waals surface area (Å²) in [6.07, 6.45) is 66.9. The van der Waals surface area contributed by atoms with Crippen molar-refractivity contribution in [3.05, 3.63) is 34.9 Å². The van der Waals surface area contributed by atoms with Gasteiger partial charge in [0, 0.05) is 0 Å². The van der Waals surface area contributed by atoms with Gasteiger partial charge in [-0.05, 0) is 49.3 Å². The van der Waals surface area contributed by atoms with E-state index in [4.69, 9.17) is 0 Å². The molecule has 0 aliphatic rings. The summed E-state index contributed by atoms with van der Waals surface area (Å²) in [6, 6.07) is 7.16. The normalized spacial score (nSPS) is 11.6. The molecule has 0 aliphatic heterocycles. The third kappa shape index (κ3) is 37.3. The summed E-state index contributed by atoms with van der Waals surface area (Å²) in [7, 11) is 0. The van der Waals surface area contributed by atoms with Crippen LogP contribution >= 0.6 is 0 Å². The Morgan fingerprint density at radius 1 is 0.236 bits per heavy atom. The highest BCUT2D eigenvalue weighted by molar-refractivity contribution is 5.34. The molecule has 1 rings (SSSR count). The maximum absolute atomic E-state index is 2.41. The summed E-state index contributed by atoms with van der Waals surface area (Å²) in [5.74, 6) is 0. The molecule has 324 valence electrons. The first-order chi connectivity index (χ1) is 27.3. The lowest BCUT2D eigenvalue weighted by Gasteiger charge is -2.12.